The van der Waals surface area contributed by atoms with Gasteiger partial charge in [0.25, 0.3) is 0 Å². The molecule has 1 aromatic carbocycles. The quantitative estimate of drug-likeness (QED) is 0.633. The van der Waals surface area contributed by atoms with Crippen LogP contribution >= 0.6 is 47.8 Å². The maximum atomic E-state index is 5.69. The van der Waals surface area contributed by atoms with Crippen LogP contribution in [0.25, 0.3) is 0 Å². The van der Waals surface area contributed by atoms with Crippen LogP contribution in [0.3, 0.4) is 0 Å². The molecule has 0 saturated carbocycles. The average Bonchev–Trinajstić information content (AvgIpc) is 2.28. The molecule has 0 unspecified atom stereocenters. The molecule has 0 bridgehead atoms. The van der Waals surface area contributed by atoms with E-state index in [0.29, 0.717) is 6.61 Å². The number of anilines is 1. The van der Waals surface area contributed by atoms with Crippen LogP contribution in [0.5, 0.6) is 5.75 Å². The zero-order valence-electron chi connectivity index (χ0n) is 10.4. The highest BCUT2D eigenvalue weighted by Crippen LogP contribution is 2.32. The maximum Gasteiger partial charge on any atom is 0.121 e. The van der Waals surface area contributed by atoms with Crippen LogP contribution in [-0.4, -0.2) is 13.7 Å². The van der Waals surface area contributed by atoms with Crippen molar-refractivity contribution in [3.63, 3.8) is 0 Å². The first-order valence-corrected chi connectivity index (χ1v) is 8.10. The molecule has 1 N–H and O–H groups in total. The van der Waals surface area contributed by atoms with Gasteiger partial charge in [-0.2, -0.15) is 0 Å². The second-order valence-corrected chi connectivity index (χ2v) is 7.37. The van der Waals surface area contributed by atoms with Crippen molar-refractivity contribution < 1.29 is 4.74 Å². The summed E-state index contributed by atoms with van der Waals surface area (Å²) < 4.78 is 7.62. The summed E-state index contributed by atoms with van der Waals surface area (Å²) in [7, 11) is 1.93. The topological polar surface area (TPSA) is 21.3 Å². The summed E-state index contributed by atoms with van der Waals surface area (Å²) in [6.45, 7) is 2.70. The molecule has 0 amide bonds. The Hall–Kier alpha value is -0.000000000000000167. The minimum Gasteiger partial charge on any atom is -0.489 e. The van der Waals surface area contributed by atoms with E-state index in [0.717, 1.165) is 32.1 Å². The van der Waals surface area contributed by atoms with E-state index in [2.05, 4.69) is 66.1 Å². The lowest BCUT2D eigenvalue weighted by Crippen LogP contribution is -2.00. The molecule has 0 radical (unpaired) electrons. The Morgan fingerprint density at radius 3 is 2.67 bits per heavy atom. The van der Waals surface area contributed by atoms with Gasteiger partial charge >= 0.3 is 0 Å². The van der Waals surface area contributed by atoms with E-state index < -0.39 is 0 Å². The monoisotopic (exact) mass is 439 g/mol. The van der Waals surface area contributed by atoms with Gasteiger partial charge in [-0.05, 0) is 78.0 Å². The van der Waals surface area contributed by atoms with E-state index in [9.17, 15) is 0 Å². The highest BCUT2D eigenvalue weighted by molar-refractivity contribution is 9.28. The first kappa shape index (κ1) is 16.1. The lowest BCUT2D eigenvalue weighted by Gasteiger charge is -2.13. The third-order valence-electron chi connectivity index (χ3n) is 2.40. The van der Waals surface area contributed by atoms with E-state index >= 15 is 0 Å². The zero-order valence-corrected chi connectivity index (χ0v) is 15.2. The number of halogens is 3. The Labute approximate surface area is 134 Å². The molecule has 2 nitrogen and oxygen atoms in total. The number of nitrogens with one attached hydrogen (secondary N) is 1. The molecule has 5 heteroatoms. The molecule has 100 valence electrons. The van der Waals surface area contributed by atoms with Gasteiger partial charge in [0.15, 0.2) is 0 Å². The smallest absolute Gasteiger partial charge is 0.121 e. The van der Waals surface area contributed by atoms with Crippen LogP contribution in [0.15, 0.2) is 26.1 Å². The fourth-order valence-corrected chi connectivity index (χ4v) is 2.61. The fraction of sp³-hybridized carbons (Fsp3) is 0.385. The molecule has 0 spiro atoms. The summed E-state index contributed by atoms with van der Waals surface area (Å²) in [4.78, 5) is 0. The second kappa shape index (κ2) is 8.23. The van der Waals surface area contributed by atoms with Gasteiger partial charge in [0.2, 0.25) is 0 Å². The van der Waals surface area contributed by atoms with Crippen molar-refractivity contribution in [1.29, 1.82) is 0 Å². The molecule has 0 fully saturated rings. The van der Waals surface area contributed by atoms with Crippen molar-refractivity contribution in [2.24, 2.45) is 0 Å². The number of hydrogen-bond acceptors (Lipinski definition) is 2. The predicted molar refractivity (Wildman–Crippen MR) is 89.1 cm³/mol. The van der Waals surface area contributed by atoms with E-state index in [-0.39, 0.29) is 0 Å². The predicted octanol–water partition coefficient (Wildman–Crippen LogP) is 5.45. The highest BCUT2D eigenvalue weighted by Gasteiger charge is 2.08. The molecular formula is C13H16Br3NO. The molecule has 18 heavy (non-hydrogen) atoms. The van der Waals surface area contributed by atoms with Crippen molar-refractivity contribution in [2.45, 2.75) is 19.8 Å². The lowest BCUT2D eigenvalue weighted by molar-refractivity contribution is 0.362. The van der Waals surface area contributed by atoms with E-state index in [1.165, 1.54) is 5.56 Å². The summed E-state index contributed by atoms with van der Waals surface area (Å²) in [5.41, 5.74) is 2.41. The number of ether oxygens (including phenoxy) is 1. The third kappa shape index (κ3) is 4.94. The number of aryl methyl sites for hydroxylation is 1. The number of benzene rings is 1. The van der Waals surface area contributed by atoms with Crippen molar-refractivity contribution in [3.8, 4) is 5.75 Å². The van der Waals surface area contributed by atoms with Gasteiger partial charge in [-0.15, -0.1) is 0 Å². The molecule has 0 atom stereocenters. The normalized spacial score (nSPS) is 10.1. The first-order chi connectivity index (χ1) is 8.58. The summed E-state index contributed by atoms with van der Waals surface area (Å²) >= 11 is 10.2. The molecule has 1 aromatic rings. The first-order valence-electron chi connectivity index (χ1n) is 5.72. The van der Waals surface area contributed by atoms with Crippen molar-refractivity contribution in [1.82, 2.24) is 0 Å². The minimum absolute atomic E-state index is 0.530. The van der Waals surface area contributed by atoms with Gasteiger partial charge in [0, 0.05) is 11.5 Å². The van der Waals surface area contributed by atoms with Crippen LogP contribution in [0, 0.1) is 0 Å². The fourth-order valence-electron chi connectivity index (χ4n) is 1.67. The van der Waals surface area contributed by atoms with Crippen LogP contribution in [0.4, 0.5) is 5.69 Å². The van der Waals surface area contributed by atoms with Crippen molar-refractivity contribution >= 4 is 53.5 Å². The van der Waals surface area contributed by atoms with Gasteiger partial charge in [-0.25, -0.2) is 0 Å². The SMILES string of the molecule is CCCc1cc(OCC=C(Br)Br)cc(Br)c1NC. The van der Waals surface area contributed by atoms with Crippen LogP contribution in [-0.2, 0) is 6.42 Å². The molecule has 0 aliphatic heterocycles. The van der Waals surface area contributed by atoms with Gasteiger partial charge in [0.1, 0.15) is 12.4 Å². The summed E-state index contributed by atoms with van der Waals surface area (Å²) in [6.07, 6.45) is 4.06. The van der Waals surface area contributed by atoms with Gasteiger partial charge < -0.3 is 10.1 Å². The Morgan fingerprint density at radius 1 is 1.39 bits per heavy atom. The van der Waals surface area contributed by atoms with Crippen molar-refractivity contribution in [3.05, 3.63) is 31.6 Å². The highest BCUT2D eigenvalue weighted by atomic mass is 79.9. The Kier molecular flexibility index (Phi) is 7.34. The molecular weight excluding hydrogens is 426 g/mol. The molecule has 1 rings (SSSR count). The minimum atomic E-state index is 0.530. The van der Waals surface area contributed by atoms with E-state index in [1.54, 1.807) is 0 Å². The Morgan fingerprint density at radius 2 is 2.11 bits per heavy atom. The third-order valence-corrected chi connectivity index (χ3v) is 3.68. The largest absolute Gasteiger partial charge is 0.489 e. The summed E-state index contributed by atoms with van der Waals surface area (Å²) in [5.74, 6) is 0.877. The van der Waals surface area contributed by atoms with Crippen molar-refractivity contribution in [2.75, 3.05) is 19.0 Å². The molecule has 0 aliphatic carbocycles. The Balaban J connectivity index is 2.90. The van der Waals surface area contributed by atoms with Crippen LogP contribution in [0.2, 0.25) is 0 Å². The molecule has 0 aromatic heterocycles. The van der Waals surface area contributed by atoms with Gasteiger partial charge in [-0.1, -0.05) is 13.3 Å². The summed E-state index contributed by atoms with van der Waals surface area (Å²) in [6, 6.07) is 4.08. The average molecular weight is 442 g/mol. The van der Waals surface area contributed by atoms with Gasteiger partial charge in [-0.3, -0.25) is 0 Å². The van der Waals surface area contributed by atoms with E-state index in [1.807, 2.05) is 19.2 Å². The van der Waals surface area contributed by atoms with Gasteiger partial charge in [0.05, 0.1) is 9.08 Å². The van der Waals surface area contributed by atoms with Crippen LogP contribution in [0.1, 0.15) is 18.9 Å². The van der Waals surface area contributed by atoms with Crippen LogP contribution < -0.4 is 10.1 Å². The number of rotatable bonds is 6. The molecule has 0 saturated heterocycles. The zero-order chi connectivity index (χ0) is 13.5. The molecule has 0 heterocycles. The van der Waals surface area contributed by atoms with E-state index in [4.69, 9.17) is 4.74 Å². The Bertz CT molecular complexity index is 428. The standard InChI is InChI=1S/C13H16Br3NO/c1-3-4-9-7-10(18-6-5-12(15)16)8-11(14)13(9)17-2/h5,7-8,17H,3-4,6H2,1-2H3. The second-order valence-electron chi connectivity index (χ2n) is 3.74. The summed E-state index contributed by atoms with van der Waals surface area (Å²) in [5, 5.41) is 3.22. The lowest BCUT2D eigenvalue weighted by atomic mass is 10.1. The molecule has 0 aliphatic rings. The number of hydrogen-bond donors (Lipinski definition) is 1. The maximum absolute atomic E-state index is 5.69.